The normalized spacial score (nSPS) is 33.8. The van der Waals surface area contributed by atoms with Gasteiger partial charge in [-0.2, -0.15) is 6.92 Å². The molecule has 1 saturated heterocycles. The molecule has 2 rings (SSSR count). The quantitative estimate of drug-likeness (QED) is 0.661. The molecule has 1 saturated carbocycles. The van der Waals surface area contributed by atoms with Crippen molar-refractivity contribution in [3.8, 4) is 0 Å². The Labute approximate surface area is 137 Å². The summed E-state index contributed by atoms with van der Waals surface area (Å²) in [6.07, 6.45) is 4.61. The van der Waals surface area contributed by atoms with Gasteiger partial charge in [-0.15, -0.1) is 0 Å². The first-order chi connectivity index (χ1) is 9.27. The molecule has 1 aliphatic carbocycles. The molecule has 4 atom stereocenters. The van der Waals surface area contributed by atoms with Crippen molar-refractivity contribution in [1.29, 1.82) is 0 Å². The predicted octanol–water partition coefficient (Wildman–Crippen LogP) is 1.99. The number of ether oxygens (including phenoxy) is 3. The van der Waals surface area contributed by atoms with Gasteiger partial charge in [0.1, 0.15) is 0 Å². The Bertz CT molecular complexity index is 265. The van der Waals surface area contributed by atoms with E-state index >= 15 is 0 Å². The van der Waals surface area contributed by atoms with Gasteiger partial charge in [0.15, 0.2) is 6.29 Å². The van der Waals surface area contributed by atoms with Crippen molar-refractivity contribution in [2.75, 3.05) is 20.3 Å². The van der Waals surface area contributed by atoms with Crippen molar-refractivity contribution < 1.29 is 40.4 Å². The summed E-state index contributed by atoms with van der Waals surface area (Å²) in [7, 11) is 1.68. The summed E-state index contributed by atoms with van der Waals surface area (Å²) < 4.78 is 16.6. The summed E-state index contributed by atoms with van der Waals surface area (Å²) in [5, 5.41) is 10.1. The molecule has 0 radical (unpaired) electrons. The van der Waals surface area contributed by atoms with E-state index in [0.717, 1.165) is 6.42 Å². The van der Waals surface area contributed by atoms with Gasteiger partial charge in [-0.25, -0.2) is 19.1 Å². The fourth-order valence-electron chi connectivity index (χ4n) is 2.90. The molecule has 116 valence electrons. The monoisotopic (exact) mass is 454 g/mol. The van der Waals surface area contributed by atoms with Gasteiger partial charge in [0.05, 0.1) is 25.4 Å². The summed E-state index contributed by atoms with van der Waals surface area (Å²) in [5.74, 6) is 0.231. The molecule has 0 spiro atoms. The molecule has 1 heterocycles. The van der Waals surface area contributed by atoms with Gasteiger partial charge in [-0.3, -0.25) is 0 Å². The van der Waals surface area contributed by atoms with Crippen LogP contribution in [0.5, 0.6) is 0 Å². The summed E-state index contributed by atoms with van der Waals surface area (Å²) in [4.78, 5) is 0. The van der Waals surface area contributed by atoms with Crippen molar-refractivity contribution in [1.82, 2.24) is 0 Å². The minimum absolute atomic E-state index is 0. The van der Waals surface area contributed by atoms with E-state index in [0.29, 0.717) is 19.6 Å². The molecule has 4 nitrogen and oxygen atoms in total. The van der Waals surface area contributed by atoms with Gasteiger partial charge < -0.3 is 26.2 Å². The Morgan fingerprint density at radius 1 is 1.30 bits per heavy atom. The fourth-order valence-corrected chi connectivity index (χ4v) is 2.90. The number of aliphatic hydroxyl groups excluding tert-OH is 1. The summed E-state index contributed by atoms with van der Waals surface area (Å²) in [6.45, 7) is 9.94. The SMILES string of the molecule is [CH2-]/C=C\CC1C(O)CC(OC)C1C1OCCO1.[CH2-]C.[W+2]. The summed E-state index contributed by atoms with van der Waals surface area (Å²) in [6, 6.07) is 0. The number of allylic oxidation sites excluding steroid dienone is 2. The zero-order valence-electron chi connectivity index (χ0n) is 12.4. The third-order valence-corrected chi connectivity index (χ3v) is 3.73. The maximum Gasteiger partial charge on any atom is 2.00 e. The third-order valence-electron chi connectivity index (χ3n) is 3.73. The number of hydrogen-bond donors (Lipinski definition) is 1. The molecular weight excluding hydrogens is 428 g/mol. The van der Waals surface area contributed by atoms with Gasteiger partial charge in [-0.1, -0.05) is 6.42 Å². The Morgan fingerprint density at radius 2 is 1.90 bits per heavy atom. The largest absolute Gasteiger partial charge is 2.00 e. The topological polar surface area (TPSA) is 47.9 Å². The number of aliphatic hydroxyl groups is 1. The summed E-state index contributed by atoms with van der Waals surface area (Å²) >= 11 is 0. The molecule has 5 heteroatoms. The number of rotatable bonds is 4. The van der Waals surface area contributed by atoms with Crippen LogP contribution in [0.2, 0.25) is 0 Å². The van der Waals surface area contributed by atoms with Crippen LogP contribution < -0.4 is 0 Å². The Morgan fingerprint density at radius 3 is 2.40 bits per heavy atom. The second-order valence-corrected chi connectivity index (χ2v) is 4.64. The predicted molar refractivity (Wildman–Crippen MR) is 74.2 cm³/mol. The molecular formula is C15H26O4W. The molecule has 1 N–H and O–H groups in total. The van der Waals surface area contributed by atoms with Crippen molar-refractivity contribution in [2.45, 2.75) is 38.3 Å². The molecule has 0 amide bonds. The van der Waals surface area contributed by atoms with Gasteiger partial charge in [0.2, 0.25) is 0 Å². The minimum Gasteiger partial charge on any atom is -0.393 e. The third kappa shape index (κ3) is 4.85. The molecule has 4 unspecified atom stereocenters. The Hall–Kier alpha value is 0.138. The molecule has 20 heavy (non-hydrogen) atoms. The molecule has 0 aromatic carbocycles. The van der Waals surface area contributed by atoms with Gasteiger partial charge >= 0.3 is 21.1 Å². The van der Waals surface area contributed by atoms with Crippen molar-refractivity contribution in [3.05, 3.63) is 26.0 Å². The molecule has 1 aliphatic heterocycles. The number of methoxy groups -OCH3 is 1. The molecule has 2 fully saturated rings. The van der Waals surface area contributed by atoms with Crippen molar-refractivity contribution >= 4 is 0 Å². The Kier molecular flexibility index (Phi) is 10.9. The number of hydrogen-bond acceptors (Lipinski definition) is 4. The van der Waals surface area contributed by atoms with E-state index in [1.54, 1.807) is 20.1 Å². The van der Waals surface area contributed by atoms with Crippen molar-refractivity contribution in [3.63, 3.8) is 0 Å². The zero-order valence-corrected chi connectivity index (χ0v) is 15.3. The maximum atomic E-state index is 10.1. The molecule has 0 aromatic heterocycles. The Balaban J connectivity index is 0.00000115. The van der Waals surface area contributed by atoms with Crippen LogP contribution in [0.4, 0.5) is 0 Å². The second kappa shape index (κ2) is 10.8. The average Bonchev–Trinajstić information content (AvgIpc) is 3.06. The van der Waals surface area contributed by atoms with Gasteiger partial charge in [0.25, 0.3) is 0 Å². The van der Waals surface area contributed by atoms with Gasteiger partial charge in [-0.05, 0) is 5.92 Å². The average molecular weight is 454 g/mol. The zero-order chi connectivity index (χ0) is 14.3. The van der Waals surface area contributed by atoms with Crippen LogP contribution in [0.25, 0.3) is 0 Å². The van der Waals surface area contributed by atoms with Crippen LogP contribution in [0.3, 0.4) is 0 Å². The van der Waals surface area contributed by atoms with E-state index in [4.69, 9.17) is 14.2 Å². The fraction of sp³-hybridized carbons (Fsp3) is 0.733. The van der Waals surface area contributed by atoms with E-state index in [1.807, 2.05) is 6.08 Å². The molecule has 2 aliphatic rings. The van der Waals surface area contributed by atoms with Crippen LogP contribution in [-0.2, 0) is 35.3 Å². The molecule has 0 bridgehead atoms. The first-order valence-corrected chi connectivity index (χ1v) is 6.87. The van der Waals surface area contributed by atoms with E-state index in [-0.39, 0.29) is 51.4 Å². The first-order valence-electron chi connectivity index (χ1n) is 6.87. The van der Waals surface area contributed by atoms with Crippen LogP contribution in [0.1, 0.15) is 19.8 Å². The first kappa shape index (κ1) is 20.1. The molecule has 0 aromatic rings. The van der Waals surface area contributed by atoms with E-state index < -0.39 is 0 Å². The van der Waals surface area contributed by atoms with Crippen LogP contribution in [0.15, 0.2) is 12.2 Å². The maximum absolute atomic E-state index is 10.1. The van der Waals surface area contributed by atoms with Crippen molar-refractivity contribution in [2.24, 2.45) is 11.8 Å². The second-order valence-electron chi connectivity index (χ2n) is 4.64. The smallest absolute Gasteiger partial charge is 0.393 e. The van der Waals surface area contributed by atoms with E-state index in [1.165, 1.54) is 0 Å². The van der Waals surface area contributed by atoms with Gasteiger partial charge in [0, 0.05) is 19.4 Å². The van der Waals surface area contributed by atoms with Crippen LogP contribution in [0, 0.1) is 25.7 Å². The van der Waals surface area contributed by atoms with Crippen LogP contribution in [-0.4, -0.2) is 43.9 Å². The van der Waals surface area contributed by atoms with E-state index in [9.17, 15) is 5.11 Å². The van der Waals surface area contributed by atoms with Crippen LogP contribution >= 0.6 is 0 Å². The standard InChI is InChI=1S/C13H21O4.C2H5.W/c1-3-4-5-9-10(14)8-11(15-2)12(9)13-16-6-7-17-13;1-2;/h3-4,9-14H,1,5-8H2,2H3;1H2,2H3;/q2*-1;+2/b4-3-;;. The van der Waals surface area contributed by atoms with E-state index in [2.05, 4.69) is 13.8 Å². The summed E-state index contributed by atoms with van der Waals surface area (Å²) in [5.41, 5.74) is 0. The minimum atomic E-state index is -0.353.